The third-order valence-electron chi connectivity index (χ3n) is 5.89. The highest BCUT2D eigenvalue weighted by Crippen LogP contribution is 2.52. The number of benzene rings is 1. The molecule has 5 nitrogen and oxygen atoms in total. The van der Waals surface area contributed by atoms with E-state index in [9.17, 15) is 9.59 Å². The van der Waals surface area contributed by atoms with E-state index in [1.165, 1.54) is 11.1 Å². The van der Waals surface area contributed by atoms with Gasteiger partial charge in [0.25, 0.3) is 0 Å². The summed E-state index contributed by atoms with van der Waals surface area (Å²) >= 11 is 0. The van der Waals surface area contributed by atoms with Crippen molar-refractivity contribution < 1.29 is 14.3 Å². The molecule has 0 spiro atoms. The van der Waals surface area contributed by atoms with Crippen LogP contribution < -0.4 is 5.32 Å². The number of rotatable bonds is 5. The summed E-state index contributed by atoms with van der Waals surface area (Å²) in [6, 6.07) is 8.40. The fourth-order valence-corrected chi connectivity index (χ4v) is 4.21. The van der Waals surface area contributed by atoms with Crippen LogP contribution in [-0.2, 0) is 16.0 Å². The van der Waals surface area contributed by atoms with Gasteiger partial charge in [-0.2, -0.15) is 0 Å². The van der Waals surface area contributed by atoms with Gasteiger partial charge in [-0.05, 0) is 77.3 Å². The maximum Gasteiger partial charge on any atom is 0.410 e. The number of carbonyl (C=O) groups is 2. The summed E-state index contributed by atoms with van der Waals surface area (Å²) in [5.41, 5.74) is 1.90. The fraction of sp³-hybridized carbons (Fsp3) is 0.652. The first-order valence-electron chi connectivity index (χ1n) is 10.3. The average molecular weight is 387 g/mol. The van der Waals surface area contributed by atoms with Gasteiger partial charge >= 0.3 is 6.09 Å². The van der Waals surface area contributed by atoms with Gasteiger partial charge in [0.05, 0.1) is 0 Å². The zero-order valence-corrected chi connectivity index (χ0v) is 18.0. The highest BCUT2D eigenvalue weighted by Gasteiger charge is 2.60. The molecule has 0 radical (unpaired) electrons. The second kappa shape index (κ2) is 7.41. The molecule has 2 aliphatic rings. The Morgan fingerprint density at radius 3 is 2.29 bits per heavy atom. The first-order valence-corrected chi connectivity index (χ1v) is 10.3. The molecule has 28 heavy (non-hydrogen) atoms. The Morgan fingerprint density at radius 2 is 1.71 bits per heavy atom. The molecule has 3 atom stereocenters. The zero-order valence-electron chi connectivity index (χ0n) is 18.0. The van der Waals surface area contributed by atoms with Crippen molar-refractivity contribution in [2.45, 2.75) is 65.5 Å². The van der Waals surface area contributed by atoms with E-state index in [1.54, 1.807) is 4.90 Å². The molecule has 1 heterocycles. The van der Waals surface area contributed by atoms with E-state index in [0.717, 1.165) is 12.8 Å². The second-order valence-electron chi connectivity index (χ2n) is 10.0. The lowest BCUT2D eigenvalue weighted by Gasteiger charge is -2.28. The van der Waals surface area contributed by atoms with Crippen molar-refractivity contribution >= 4 is 12.0 Å². The van der Waals surface area contributed by atoms with Gasteiger partial charge in [0, 0.05) is 24.5 Å². The van der Waals surface area contributed by atoms with E-state index >= 15 is 0 Å². The molecule has 2 amide bonds. The summed E-state index contributed by atoms with van der Waals surface area (Å²) in [5, 5.41) is 3.25. The molecule has 154 valence electrons. The van der Waals surface area contributed by atoms with E-state index < -0.39 is 5.60 Å². The minimum atomic E-state index is -0.484. The molecular formula is C23H34N2O3. The standard InChI is InChI=1S/C23H34N2O3/c1-15-9-7-8-10-16(15)11-12-23(5,6)24-20(26)19-17-13-25(14-18(17)19)21(27)28-22(2,3)4/h7-10,17-19H,11-14H2,1-6H3,(H,24,26)/t17-,18+,19+. The number of amides is 2. The normalized spacial score (nSPS) is 23.9. The molecule has 1 saturated carbocycles. The van der Waals surface area contributed by atoms with Crippen LogP contribution in [0, 0.1) is 24.7 Å². The molecule has 1 aromatic rings. The number of carbonyl (C=O) groups excluding carboxylic acids is 2. The molecule has 1 N–H and O–H groups in total. The van der Waals surface area contributed by atoms with Crippen LogP contribution in [0.4, 0.5) is 4.79 Å². The number of nitrogens with zero attached hydrogens (tertiary/aromatic N) is 1. The Morgan fingerprint density at radius 1 is 1.11 bits per heavy atom. The molecule has 0 unspecified atom stereocenters. The van der Waals surface area contributed by atoms with Gasteiger partial charge in [-0.3, -0.25) is 4.79 Å². The number of ether oxygens (including phenoxy) is 1. The summed E-state index contributed by atoms with van der Waals surface area (Å²) in [5.74, 6) is 0.726. The molecule has 1 saturated heterocycles. The zero-order chi connectivity index (χ0) is 20.7. The molecule has 2 fully saturated rings. The van der Waals surface area contributed by atoms with Crippen molar-refractivity contribution in [3.63, 3.8) is 0 Å². The van der Waals surface area contributed by atoms with Gasteiger partial charge in [-0.15, -0.1) is 0 Å². The highest BCUT2D eigenvalue weighted by atomic mass is 16.6. The number of nitrogens with one attached hydrogen (secondary N) is 1. The van der Waals surface area contributed by atoms with E-state index in [0.29, 0.717) is 13.1 Å². The van der Waals surface area contributed by atoms with Crippen molar-refractivity contribution in [1.82, 2.24) is 10.2 Å². The van der Waals surface area contributed by atoms with Crippen LogP contribution in [0.25, 0.3) is 0 Å². The maximum atomic E-state index is 12.8. The monoisotopic (exact) mass is 386 g/mol. The van der Waals surface area contributed by atoms with Gasteiger partial charge in [0.15, 0.2) is 0 Å². The number of likely N-dealkylation sites (tertiary alicyclic amines) is 1. The third-order valence-corrected chi connectivity index (χ3v) is 5.89. The number of fused-ring (bicyclic) bond motifs is 1. The lowest BCUT2D eigenvalue weighted by molar-refractivity contribution is -0.125. The summed E-state index contributed by atoms with van der Waals surface area (Å²) < 4.78 is 5.44. The van der Waals surface area contributed by atoms with Gasteiger partial charge < -0.3 is 15.0 Å². The first kappa shape index (κ1) is 20.7. The quantitative estimate of drug-likeness (QED) is 0.834. The van der Waals surface area contributed by atoms with Crippen LogP contribution in [0.15, 0.2) is 24.3 Å². The topological polar surface area (TPSA) is 58.6 Å². The van der Waals surface area contributed by atoms with Gasteiger partial charge in [0.2, 0.25) is 5.91 Å². The molecule has 3 rings (SSSR count). The van der Waals surface area contributed by atoms with Gasteiger partial charge in [-0.1, -0.05) is 24.3 Å². The third kappa shape index (κ3) is 4.86. The van der Waals surface area contributed by atoms with Gasteiger partial charge in [-0.25, -0.2) is 4.79 Å². The average Bonchev–Trinajstić information content (AvgIpc) is 3.07. The summed E-state index contributed by atoms with van der Waals surface area (Å²) in [6.07, 6.45) is 1.58. The van der Waals surface area contributed by atoms with Crippen LogP contribution in [-0.4, -0.2) is 41.1 Å². The molecule has 5 heteroatoms. The SMILES string of the molecule is Cc1ccccc1CCC(C)(C)NC(=O)[C@H]1[C@@H]2CN(C(=O)OC(C)(C)C)C[C@@H]21. The summed E-state index contributed by atoms with van der Waals surface area (Å²) in [7, 11) is 0. The predicted octanol–water partition coefficient (Wildman–Crippen LogP) is 3.94. The molecular weight excluding hydrogens is 352 g/mol. The summed E-state index contributed by atoms with van der Waals surface area (Å²) in [4.78, 5) is 26.7. The van der Waals surface area contributed by atoms with Crippen molar-refractivity contribution in [3.8, 4) is 0 Å². The number of piperidine rings is 1. The molecule has 0 aromatic heterocycles. The lowest BCUT2D eigenvalue weighted by Crippen LogP contribution is -2.46. The minimum Gasteiger partial charge on any atom is -0.444 e. The highest BCUT2D eigenvalue weighted by molar-refractivity contribution is 5.84. The number of hydrogen-bond acceptors (Lipinski definition) is 3. The van der Waals surface area contributed by atoms with Crippen LogP contribution in [0.5, 0.6) is 0 Å². The summed E-state index contributed by atoms with van der Waals surface area (Å²) in [6.45, 7) is 13.2. The Bertz CT molecular complexity index is 738. The lowest BCUT2D eigenvalue weighted by atomic mass is 9.93. The van der Waals surface area contributed by atoms with Crippen molar-refractivity contribution in [3.05, 3.63) is 35.4 Å². The number of aryl methyl sites for hydroxylation is 2. The van der Waals surface area contributed by atoms with Crippen molar-refractivity contribution in [1.29, 1.82) is 0 Å². The second-order valence-corrected chi connectivity index (χ2v) is 10.0. The fourth-order valence-electron chi connectivity index (χ4n) is 4.21. The number of hydrogen-bond donors (Lipinski definition) is 1. The van der Waals surface area contributed by atoms with Crippen LogP contribution >= 0.6 is 0 Å². The Hall–Kier alpha value is -2.04. The minimum absolute atomic E-state index is 0.0384. The van der Waals surface area contributed by atoms with E-state index in [2.05, 4.69) is 50.4 Å². The van der Waals surface area contributed by atoms with Crippen molar-refractivity contribution in [2.75, 3.05) is 13.1 Å². The molecule has 1 aliphatic heterocycles. The maximum absolute atomic E-state index is 12.8. The predicted molar refractivity (Wildman–Crippen MR) is 110 cm³/mol. The Labute approximate surface area is 168 Å². The Balaban J connectivity index is 1.46. The van der Waals surface area contributed by atoms with Crippen LogP contribution in [0.1, 0.15) is 52.2 Å². The van der Waals surface area contributed by atoms with E-state index in [-0.39, 0.29) is 35.3 Å². The first-order chi connectivity index (χ1) is 13.0. The smallest absolute Gasteiger partial charge is 0.410 e. The van der Waals surface area contributed by atoms with Crippen LogP contribution in [0.3, 0.4) is 0 Å². The molecule has 1 aliphatic carbocycles. The van der Waals surface area contributed by atoms with Crippen LogP contribution in [0.2, 0.25) is 0 Å². The van der Waals surface area contributed by atoms with Gasteiger partial charge in [0.1, 0.15) is 5.60 Å². The largest absolute Gasteiger partial charge is 0.444 e. The van der Waals surface area contributed by atoms with E-state index in [1.807, 2.05) is 20.8 Å². The van der Waals surface area contributed by atoms with Crippen molar-refractivity contribution in [2.24, 2.45) is 17.8 Å². The molecule has 1 aromatic carbocycles. The molecule has 0 bridgehead atoms. The van der Waals surface area contributed by atoms with E-state index in [4.69, 9.17) is 4.74 Å². The Kier molecular flexibility index (Phi) is 5.48.